The van der Waals surface area contributed by atoms with E-state index >= 15 is 0 Å². The fraction of sp³-hybridized carbons (Fsp3) is 0.133. The summed E-state index contributed by atoms with van der Waals surface area (Å²) < 4.78 is 1.05. The van der Waals surface area contributed by atoms with Crippen LogP contribution in [0.5, 0.6) is 0 Å². The van der Waals surface area contributed by atoms with Crippen molar-refractivity contribution in [1.82, 2.24) is 9.97 Å². The summed E-state index contributed by atoms with van der Waals surface area (Å²) in [7, 11) is 0. The molecule has 3 nitrogen and oxygen atoms in total. The van der Waals surface area contributed by atoms with Crippen LogP contribution in [0.3, 0.4) is 0 Å². The van der Waals surface area contributed by atoms with Crippen molar-refractivity contribution in [1.29, 1.82) is 0 Å². The van der Waals surface area contributed by atoms with Crippen LogP contribution in [0.15, 0.2) is 45.5 Å². The molecule has 106 valence electrons. The fourth-order valence-electron chi connectivity index (χ4n) is 1.97. The molecule has 21 heavy (non-hydrogen) atoms. The van der Waals surface area contributed by atoms with Crippen LogP contribution in [0, 0.1) is 0 Å². The van der Waals surface area contributed by atoms with Gasteiger partial charge in [-0.05, 0) is 24.6 Å². The van der Waals surface area contributed by atoms with E-state index in [1.54, 1.807) is 24.6 Å². The van der Waals surface area contributed by atoms with Gasteiger partial charge in [0, 0.05) is 15.4 Å². The lowest BCUT2D eigenvalue weighted by molar-refractivity contribution is -0.114. The third-order valence-corrected chi connectivity index (χ3v) is 5.45. The Kier molecular flexibility index (Phi) is 4.37. The van der Waals surface area contributed by atoms with E-state index in [2.05, 4.69) is 43.4 Å². The molecule has 0 fully saturated rings. The predicted molar refractivity (Wildman–Crippen MR) is 92.0 cm³/mol. The third kappa shape index (κ3) is 3.17. The first-order chi connectivity index (χ1) is 10.1. The molecule has 0 aliphatic carbocycles. The number of hydrogen-bond acceptors (Lipinski definition) is 5. The van der Waals surface area contributed by atoms with Crippen LogP contribution in [-0.4, -0.2) is 21.5 Å². The van der Waals surface area contributed by atoms with Crippen molar-refractivity contribution in [2.24, 2.45) is 0 Å². The van der Waals surface area contributed by atoms with Gasteiger partial charge in [0.2, 0.25) is 0 Å². The Balaban J connectivity index is 2.10. The van der Waals surface area contributed by atoms with Gasteiger partial charge in [-0.2, -0.15) is 0 Å². The number of carbonyl (C=O) groups is 1. The first-order valence-corrected chi connectivity index (χ1v) is 8.91. The second-order valence-electron chi connectivity index (χ2n) is 4.51. The molecule has 1 aromatic carbocycles. The van der Waals surface area contributed by atoms with Crippen LogP contribution in [0.25, 0.3) is 21.3 Å². The molecule has 3 rings (SSSR count). The summed E-state index contributed by atoms with van der Waals surface area (Å²) in [6.07, 6.45) is 1.56. The number of carbonyl (C=O) groups excluding carboxylic acids is 1. The highest BCUT2D eigenvalue weighted by Gasteiger charge is 2.13. The number of thiophene rings is 1. The molecule has 0 amide bonds. The van der Waals surface area contributed by atoms with Gasteiger partial charge < -0.3 is 0 Å². The molecular formula is C15H11BrN2OS2. The molecule has 0 bridgehead atoms. The van der Waals surface area contributed by atoms with Crippen molar-refractivity contribution in [3.63, 3.8) is 0 Å². The summed E-state index contributed by atoms with van der Waals surface area (Å²) in [4.78, 5) is 20.9. The van der Waals surface area contributed by atoms with Gasteiger partial charge in [0.1, 0.15) is 22.0 Å². The molecule has 0 atom stereocenters. The highest BCUT2D eigenvalue weighted by molar-refractivity contribution is 9.10. The van der Waals surface area contributed by atoms with Crippen LogP contribution in [-0.2, 0) is 4.79 Å². The van der Waals surface area contributed by atoms with Gasteiger partial charge in [0.05, 0.1) is 11.1 Å². The normalized spacial score (nSPS) is 11.0. The molecule has 0 spiro atoms. The van der Waals surface area contributed by atoms with E-state index in [0.717, 1.165) is 30.8 Å². The van der Waals surface area contributed by atoms with Gasteiger partial charge in [0.25, 0.3) is 0 Å². The minimum atomic E-state index is 0.146. The number of fused-ring (bicyclic) bond motifs is 1. The highest BCUT2D eigenvalue weighted by atomic mass is 79.9. The van der Waals surface area contributed by atoms with Gasteiger partial charge in [-0.3, -0.25) is 4.79 Å². The Labute approximate surface area is 138 Å². The smallest absolute Gasteiger partial charge is 0.140 e. The average molecular weight is 379 g/mol. The second-order valence-corrected chi connectivity index (χ2v) is 7.24. The van der Waals surface area contributed by atoms with Gasteiger partial charge in [0.15, 0.2) is 0 Å². The Morgan fingerprint density at radius 2 is 2.05 bits per heavy atom. The minimum absolute atomic E-state index is 0.146. The molecule has 0 saturated heterocycles. The first kappa shape index (κ1) is 14.7. The highest BCUT2D eigenvalue weighted by Crippen LogP contribution is 2.38. The van der Waals surface area contributed by atoms with Crippen molar-refractivity contribution in [2.45, 2.75) is 11.9 Å². The summed E-state index contributed by atoms with van der Waals surface area (Å²) in [5.41, 5.74) is 2.25. The van der Waals surface area contributed by atoms with Gasteiger partial charge in [-0.15, -0.1) is 11.3 Å². The van der Waals surface area contributed by atoms with E-state index in [1.807, 2.05) is 12.1 Å². The van der Waals surface area contributed by atoms with Crippen molar-refractivity contribution in [3.8, 4) is 11.1 Å². The Morgan fingerprint density at radius 1 is 1.29 bits per heavy atom. The Hall–Kier alpha value is -1.24. The standard InChI is InChI=1S/C15H11BrN2OS2/c1-9(19)6-20-14-13-12(7-21-15(13)18-8-17-14)10-2-4-11(16)5-3-10/h2-5,7-8H,6H2,1H3. The lowest BCUT2D eigenvalue weighted by Gasteiger charge is -2.04. The maximum Gasteiger partial charge on any atom is 0.140 e. The zero-order chi connectivity index (χ0) is 14.8. The van der Waals surface area contributed by atoms with Crippen LogP contribution in [0.4, 0.5) is 0 Å². The minimum Gasteiger partial charge on any atom is -0.299 e. The fourth-order valence-corrected chi connectivity index (χ4v) is 4.03. The second kappa shape index (κ2) is 6.25. The van der Waals surface area contributed by atoms with Gasteiger partial charge in [-0.25, -0.2) is 9.97 Å². The molecule has 0 radical (unpaired) electrons. The van der Waals surface area contributed by atoms with E-state index in [0.29, 0.717) is 5.75 Å². The summed E-state index contributed by atoms with van der Waals surface area (Å²) in [6, 6.07) is 8.17. The van der Waals surface area contributed by atoms with Crippen LogP contribution in [0.1, 0.15) is 6.92 Å². The van der Waals surface area contributed by atoms with E-state index in [4.69, 9.17) is 0 Å². The number of halogens is 1. The number of hydrogen-bond donors (Lipinski definition) is 0. The van der Waals surface area contributed by atoms with Crippen molar-refractivity contribution in [2.75, 3.05) is 5.75 Å². The zero-order valence-electron chi connectivity index (χ0n) is 11.2. The third-order valence-electron chi connectivity index (χ3n) is 2.90. The monoisotopic (exact) mass is 378 g/mol. The summed E-state index contributed by atoms with van der Waals surface area (Å²) in [6.45, 7) is 1.59. The van der Waals surface area contributed by atoms with Crippen molar-refractivity contribution < 1.29 is 4.79 Å². The SMILES string of the molecule is CC(=O)CSc1ncnc2scc(-c3ccc(Br)cc3)c12. The molecule has 0 saturated carbocycles. The number of ketones is 1. The molecule has 6 heteroatoms. The van der Waals surface area contributed by atoms with Crippen LogP contribution in [0.2, 0.25) is 0 Å². The molecule has 0 N–H and O–H groups in total. The van der Waals surface area contributed by atoms with Gasteiger partial charge >= 0.3 is 0 Å². The molecule has 3 aromatic rings. The quantitative estimate of drug-likeness (QED) is 0.482. The number of rotatable bonds is 4. The zero-order valence-corrected chi connectivity index (χ0v) is 14.4. The molecule has 2 aromatic heterocycles. The number of thioether (sulfide) groups is 1. The van der Waals surface area contributed by atoms with E-state index in [-0.39, 0.29) is 5.78 Å². The maximum absolute atomic E-state index is 11.2. The van der Waals surface area contributed by atoms with Crippen molar-refractivity contribution in [3.05, 3.63) is 40.4 Å². The molecule has 0 aliphatic heterocycles. The average Bonchev–Trinajstić information content (AvgIpc) is 2.90. The number of benzene rings is 1. The van der Waals surface area contributed by atoms with Crippen molar-refractivity contribution >= 4 is 55.0 Å². The topological polar surface area (TPSA) is 42.9 Å². The van der Waals surface area contributed by atoms with Crippen LogP contribution >= 0.6 is 39.0 Å². The Bertz CT molecular complexity index is 799. The van der Waals surface area contributed by atoms with E-state index in [9.17, 15) is 4.79 Å². The van der Waals surface area contributed by atoms with E-state index < -0.39 is 0 Å². The summed E-state index contributed by atoms with van der Waals surface area (Å²) in [5, 5.41) is 4.01. The lowest BCUT2D eigenvalue weighted by atomic mass is 10.1. The van der Waals surface area contributed by atoms with E-state index in [1.165, 1.54) is 11.8 Å². The summed E-state index contributed by atoms with van der Waals surface area (Å²) >= 11 is 6.52. The lowest BCUT2D eigenvalue weighted by Crippen LogP contribution is -1.94. The maximum atomic E-state index is 11.2. The molecular weight excluding hydrogens is 368 g/mol. The van der Waals surface area contributed by atoms with Crippen LogP contribution < -0.4 is 0 Å². The van der Waals surface area contributed by atoms with Gasteiger partial charge in [-0.1, -0.05) is 39.8 Å². The largest absolute Gasteiger partial charge is 0.299 e. The number of aromatic nitrogens is 2. The first-order valence-electron chi connectivity index (χ1n) is 6.25. The molecule has 0 aliphatic rings. The Morgan fingerprint density at radius 3 is 2.76 bits per heavy atom. The summed E-state index contributed by atoms with van der Waals surface area (Å²) in [5.74, 6) is 0.578. The number of nitrogens with zero attached hydrogens (tertiary/aromatic N) is 2. The molecule has 2 heterocycles. The predicted octanol–water partition coefficient (Wildman–Crippen LogP) is 4.80. The molecule has 0 unspecified atom stereocenters. The number of Topliss-reactive ketones (excluding diaryl/α,β-unsaturated/α-hetero) is 1.